The molecule has 25 heavy (non-hydrogen) atoms. The third kappa shape index (κ3) is 3.28. The van der Waals surface area contributed by atoms with Crippen molar-refractivity contribution in [1.29, 1.82) is 0 Å². The van der Waals surface area contributed by atoms with Crippen molar-refractivity contribution in [3.8, 4) is 0 Å². The van der Waals surface area contributed by atoms with Gasteiger partial charge in [0.25, 0.3) is 0 Å². The number of nitrogens with zero attached hydrogens (tertiary/aromatic N) is 6. The lowest BCUT2D eigenvalue weighted by molar-refractivity contribution is -0.379. The van der Waals surface area contributed by atoms with Crippen LogP contribution in [0.25, 0.3) is 5.70 Å². The molecule has 7 nitrogen and oxygen atoms in total. The number of azo groups is 2. The molecule has 1 fully saturated rings. The predicted molar refractivity (Wildman–Crippen MR) is 97.1 cm³/mol. The van der Waals surface area contributed by atoms with Gasteiger partial charge in [0.05, 0.1) is 18.2 Å². The first-order chi connectivity index (χ1) is 12.1. The SMILES string of the molecule is CC(C)n1cc(C2=CN=C3CC=C(NC4CCN(C)CC4)N=[N+]23)cn1. The second-order valence-electron chi connectivity index (χ2n) is 7.29. The van der Waals surface area contributed by atoms with E-state index in [1.54, 1.807) is 0 Å². The van der Waals surface area contributed by atoms with Crippen molar-refractivity contribution in [2.75, 3.05) is 20.1 Å². The summed E-state index contributed by atoms with van der Waals surface area (Å²) in [6.45, 7) is 6.53. The number of hydrogen-bond acceptors (Lipinski definition) is 5. The summed E-state index contributed by atoms with van der Waals surface area (Å²) >= 11 is 0. The van der Waals surface area contributed by atoms with Crippen molar-refractivity contribution in [1.82, 2.24) is 20.0 Å². The molecule has 0 saturated carbocycles. The largest absolute Gasteiger partial charge is 0.364 e. The van der Waals surface area contributed by atoms with E-state index < -0.39 is 0 Å². The molecule has 1 aromatic heterocycles. The number of nitrogens with one attached hydrogen (secondary N) is 1. The van der Waals surface area contributed by atoms with Crippen molar-refractivity contribution in [2.24, 2.45) is 10.1 Å². The topological polar surface area (TPSA) is 60.8 Å². The van der Waals surface area contributed by atoms with Gasteiger partial charge in [-0.05, 0) is 57.9 Å². The maximum absolute atomic E-state index is 4.80. The average molecular weight is 340 g/mol. The molecular weight excluding hydrogens is 314 g/mol. The van der Waals surface area contributed by atoms with E-state index in [2.05, 4.69) is 53.5 Å². The number of amidine groups is 1. The van der Waals surface area contributed by atoms with Crippen LogP contribution in [0.2, 0.25) is 0 Å². The normalized spacial score (nSPS) is 21.6. The van der Waals surface area contributed by atoms with Gasteiger partial charge in [-0.3, -0.25) is 4.68 Å². The number of hydrogen-bond donors (Lipinski definition) is 1. The summed E-state index contributed by atoms with van der Waals surface area (Å²) in [6.07, 6.45) is 11.1. The van der Waals surface area contributed by atoms with Crippen molar-refractivity contribution in [2.45, 2.75) is 45.2 Å². The monoisotopic (exact) mass is 340 g/mol. The van der Waals surface area contributed by atoms with Crippen LogP contribution < -0.4 is 5.32 Å². The second-order valence-corrected chi connectivity index (χ2v) is 7.29. The Kier molecular flexibility index (Phi) is 4.25. The highest BCUT2D eigenvalue weighted by Crippen LogP contribution is 2.26. The van der Waals surface area contributed by atoms with Gasteiger partial charge in [0, 0.05) is 18.3 Å². The predicted octanol–water partition coefficient (Wildman–Crippen LogP) is 2.57. The molecule has 0 aliphatic carbocycles. The fraction of sp³-hybridized carbons (Fsp3) is 0.556. The van der Waals surface area contributed by atoms with E-state index in [-0.39, 0.29) is 0 Å². The molecule has 0 amide bonds. The molecule has 0 bridgehead atoms. The van der Waals surface area contributed by atoms with E-state index in [9.17, 15) is 0 Å². The molecule has 0 radical (unpaired) electrons. The van der Waals surface area contributed by atoms with Gasteiger partial charge < -0.3 is 10.2 Å². The van der Waals surface area contributed by atoms with Crippen LogP contribution in [0.4, 0.5) is 0 Å². The summed E-state index contributed by atoms with van der Waals surface area (Å²) < 4.78 is 3.92. The van der Waals surface area contributed by atoms with Gasteiger partial charge in [-0.1, -0.05) is 9.81 Å². The summed E-state index contributed by atoms with van der Waals surface area (Å²) in [4.78, 5) is 6.91. The molecular formula is C18H26N7+. The Labute approximate surface area is 148 Å². The Morgan fingerprint density at radius 3 is 2.80 bits per heavy atom. The van der Waals surface area contributed by atoms with E-state index >= 15 is 0 Å². The van der Waals surface area contributed by atoms with Crippen LogP contribution in [-0.2, 0) is 0 Å². The molecule has 4 rings (SSSR count). The maximum atomic E-state index is 4.80. The van der Waals surface area contributed by atoms with Crippen molar-refractivity contribution < 1.29 is 4.70 Å². The van der Waals surface area contributed by atoms with Gasteiger partial charge in [0.1, 0.15) is 0 Å². The van der Waals surface area contributed by atoms with Crippen LogP contribution in [0.1, 0.15) is 44.7 Å². The molecule has 1 aromatic rings. The van der Waals surface area contributed by atoms with Gasteiger partial charge in [0.15, 0.2) is 12.0 Å². The Morgan fingerprint density at radius 1 is 1.28 bits per heavy atom. The Balaban J connectivity index is 1.50. The van der Waals surface area contributed by atoms with Crippen LogP contribution in [0.15, 0.2) is 40.6 Å². The van der Waals surface area contributed by atoms with Crippen LogP contribution in [0, 0.1) is 0 Å². The number of aliphatic imine (C=N–C) groups is 1. The minimum Gasteiger partial charge on any atom is -0.364 e. The van der Waals surface area contributed by atoms with E-state index in [1.165, 1.54) is 0 Å². The fourth-order valence-corrected chi connectivity index (χ4v) is 3.37. The number of aromatic nitrogens is 2. The molecule has 3 aliphatic rings. The standard InChI is InChI=1S/C18H26N7/c1-13(2)24-12-14(10-20-24)16-11-19-18-5-4-17(22-25(16)18)21-15-6-8-23(3)9-7-15/h4,10-13,15,21H,5-9H2,1-3H3/q+1. The Hall–Kier alpha value is -2.28. The molecule has 7 heteroatoms. The van der Waals surface area contributed by atoms with E-state index in [4.69, 9.17) is 5.11 Å². The Bertz CT molecular complexity index is 773. The summed E-state index contributed by atoms with van der Waals surface area (Å²) in [5, 5.41) is 12.9. The summed E-state index contributed by atoms with van der Waals surface area (Å²) in [5.74, 6) is 1.93. The highest BCUT2D eigenvalue weighted by Gasteiger charge is 2.33. The van der Waals surface area contributed by atoms with Gasteiger partial charge in [-0.2, -0.15) is 5.10 Å². The maximum Gasteiger partial charge on any atom is 0.328 e. The minimum absolute atomic E-state index is 0.344. The molecule has 0 aromatic carbocycles. The molecule has 4 heterocycles. The van der Waals surface area contributed by atoms with E-state index in [0.717, 1.165) is 55.3 Å². The van der Waals surface area contributed by atoms with Crippen molar-refractivity contribution in [3.63, 3.8) is 0 Å². The Morgan fingerprint density at radius 2 is 2.08 bits per heavy atom. The molecule has 0 spiro atoms. The number of piperidine rings is 1. The van der Waals surface area contributed by atoms with E-state index in [1.807, 2.05) is 21.8 Å². The third-order valence-electron chi connectivity index (χ3n) is 4.99. The lowest BCUT2D eigenvalue weighted by Gasteiger charge is -2.30. The number of likely N-dealkylation sites (tertiary alicyclic amines) is 1. The fourth-order valence-electron chi connectivity index (χ4n) is 3.37. The number of rotatable bonds is 4. The molecule has 3 aliphatic heterocycles. The zero-order valence-corrected chi connectivity index (χ0v) is 15.2. The quantitative estimate of drug-likeness (QED) is 0.857. The first-order valence-corrected chi connectivity index (χ1v) is 9.08. The average Bonchev–Trinajstić information content (AvgIpc) is 3.23. The van der Waals surface area contributed by atoms with Gasteiger partial charge in [-0.15, -0.1) is 0 Å². The van der Waals surface area contributed by atoms with Crippen LogP contribution in [0.3, 0.4) is 0 Å². The highest BCUT2D eigenvalue weighted by atomic mass is 15.4. The summed E-state index contributed by atoms with van der Waals surface area (Å²) in [7, 11) is 2.18. The van der Waals surface area contributed by atoms with Crippen LogP contribution in [0.5, 0.6) is 0 Å². The lowest BCUT2D eigenvalue weighted by atomic mass is 10.1. The second kappa shape index (κ2) is 6.55. The number of fused-ring (bicyclic) bond motifs is 1. The zero-order valence-electron chi connectivity index (χ0n) is 15.2. The molecule has 132 valence electrons. The van der Waals surface area contributed by atoms with Crippen molar-refractivity contribution in [3.05, 3.63) is 36.1 Å². The highest BCUT2D eigenvalue weighted by molar-refractivity contribution is 5.85. The van der Waals surface area contributed by atoms with Gasteiger partial charge in [-0.25, -0.2) is 0 Å². The molecule has 1 saturated heterocycles. The zero-order chi connectivity index (χ0) is 17.4. The smallest absolute Gasteiger partial charge is 0.328 e. The molecule has 0 atom stereocenters. The first-order valence-electron chi connectivity index (χ1n) is 9.08. The van der Waals surface area contributed by atoms with Crippen molar-refractivity contribution >= 4 is 11.5 Å². The van der Waals surface area contributed by atoms with Gasteiger partial charge in [0.2, 0.25) is 5.70 Å². The summed E-state index contributed by atoms with van der Waals surface area (Å²) in [5.41, 5.74) is 2.05. The molecule has 0 unspecified atom stereocenters. The minimum atomic E-state index is 0.344. The van der Waals surface area contributed by atoms with Crippen LogP contribution in [-0.4, -0.2) is 51.4 Å². The first kappa shape index (κ1) is 16.2. The third-order valence-corrected chi connectivity index (χ3v) is 4.99. The van der Waals surface area contributed by atoms with Crippen LogP contribution >= 0.6 is 0 Å². The molecule has 1 N–H and O–H groups in total. The van der Waals surface area contributed by atoms with E-state index in [0.29, 0.717) is 12.1 Å². The lowest BCUT2D eigenvalue weighted by Crippen LogP contribution is -2.40. The van der Waals surface area contributed by atoms with Gasteiger partial charge >= 0.3 is 5.84 Å². The summed E-state index contributed by atoms with van der Waals surface area (Å²) in [6, 6.07) is 0.847.